The Morgan fingerprint density at radius 1 is 1.17 bits per heavy atom. The molecule has 0 amide bonds. The van der Waals surface area contributed by atoms with Crippen molar-refractivity contribution in [2.75, 3.05) is 32.1 Å². The standard InChI is InChI=1S/C14H20N4/c1-17-9-7-14(8-10-17)16-13(15)11-5-3-4-6-12(11)18(14)2/h3-6H,7-10H2,1-2H3,(H2,15,16). The Balaban J connectivity index is 2.03. The molecule has 0 radical (unpaired) electrons. The highest BCUT2D eigenvalue weighted by Gasteiger charge is 2.41. The largest absolute Gasteiger partial charge is 0.383 e. The highest BCUT2D eigenvalue weighted by atomic mass is 15.3. The number of likely N-dealkylation sites (tertiary alicyclic amines) is 1. The number of piperidine rings is 1. The van der Waals surface area contributed by atoms with Gasteiger partial charge in [-0.3, -0.25) is 0 Å². The van der Waals surface area contributed by atoms with Gasteiger partial charge in [-0.05, 0) is 19.2 Å². The van der Waals surface area contributed by atoms with Crippen LogP contribution in [0.15, 0.2) is 29.3 Å². The molecule has 2 heterocycles. The second-order valence-corrected chi connectivity index (χ2v) is 5.36. The summed E-state index contributed by atoms with van der Waals surface area (Å²) in [6.07, 6.45) is 2.07. The molecule has 1 saturated heterocycles. The smallest absolute Gasteiger partial charge is 0.136 e. The van der Waals surface area contributed by atoms with Gasteiger partial charge in [0.05, 0.1) is 0 Å². The van der Waals surface area contributed by atoms with Crippen molar-refractivity contribution in [2.45, 2.75) is 18.5 Å². The van der Waals surface area contributed by atoms with Gasteiger partial charge in [-0.15, -0.1) is 0 Å². The van der Waals surface area contributed by atoms with Crippen LogP contribution in [0.2, 0.25) is 0 Å². The number of nitrogens with zero attached hydrogens (tertiary/aromatic N) is 3. The van der Waals surface area contributed by atoms with E-state index >= 15 is 0 Å². The Morgan fingerprint density at radius 2 is 1.83 bits per heavy atom. The summed E-state index contributed by atoms with van der Waals surface area (Å²) in [5.41, 5.74) is 8.29. The van der Waals surface area contributed by atoms with E-state index in [0.29, 0.717) is 5.84 Å². The van der Waals surface area contributed by atoms with Crippen LogP contribution in [-0.2, 0) is 0 Å². The maximum Gasteiger partial charge on any atom is 0.136 e. The minimum Gasteiger partial charge on any atom is -0.383 e. The highest BCUT2D eigenvalue weighted by Crippen LogP contribution is 2.38. The molecule has 1 aromatic rings. The lowest BCUT2D eigenvalue weighted by molar-refractivity contribution is 0.190. The van der Waals surface area contributed by atoms with Crippen molar-refractivity contribution in [3.8, 4) is 0 Å². The molecule has 4 nitrogen and oxygen atoms in total. The van der Waals surface area contributed by atoms with Gasteiger partial charge in [0.1, 0.15) is 11.5 Å². The summed E-state index contributed by atoms with van der Waals surface area (Å²) in [5, 5.41) is 0. The molecule has 18 heavy (non-hydrogen) atoms. The predicted molar refractivity (Wildman–Crippen MR) is 75.0 cm³/mol. The summed E-state index contributed by atoms with van der Waals surface area (Å²) < 4.78 is 0. The summed E-state index contributed by atoms with van der Waals surface area (Å²) in [6, 6.07) is 8.27. The first-order chi connectivity index (χ1) is 8.62. The summed E-state index contributed by atoms with van der Waals surface area (Å²) in [5.74, 6) is 0.688. The predicted octanol–water partition coefficient (Wildman–Crippen LogP) is 1.26. The van der Waals surface area contributed by atoms with Crippen LogP contribution >= 0.6 is 0 Å². The quantitative estimate of drug-likeness (QED) is 0.747. The lowest BCUT2D eigenvalue weighted by Crippen LogP contribution is -2.55. The minimum absolute atomic E-state index is 0.134. The van der Waals surface area contributed by atoms with Crippen LogP contribution in [0, 0.1) is 0 Å². The molecule has 0 aromatic heterocycles. The molecule has 3 rings (SSSR count). The third-order valence-corrected chi connectivity index (χ3v) is 4.28. The Kier molecular flexibility index (Phi) is 2.55. The van der Waals surface area contributed by atoms with Gasteiger partial charge in [0, 0.05) is 44.2 Å². The Labute approximate surface area is 108 Å². The van der Waals surface area contributed by atoms with Crippen molar-refractivity contribution >= 4 is 11.5 Å². The molecule has 2 N–H and O–H groups in total. The molecular formula is C14H20N4. The summed E-state index contributed by atoms with van der Waals surface area (Å²) in [4.78, 5) is 9.49. The molecule has 2 aliphatic heterocycles. The van der Waals surface area contributed by atoms with Crippen molar-refractivity contribution in [1.82, 2.24) is 4.90 Å². The van der Waals surface area contributed by atoms with E-state index in [0.717, 1.165) is 31.5 Å². The molecule has 4 heteroatoms. The molecule has 96 valence electrons. The minimum atomic E-state index is -0.134. The molecule has 0 unspecified atom stereocenters. The van der Waals surface area contributed by atoms with E-state index in [1.54, 1.807) is 0 Å². The average Bonchev–Trinajstić information content (AvgIpc) is 2.40. The second kappa shape index (κ2) is 3.99. The normalized spacial score (nSPS) is 22.8. The zero-order valence-corrected chi connectivity index (χ0v) is 11.1. The third-order valence-electron chi connectivity index (χ3n) is 4.28. The average molecular weight is 244 g/mol. The van der Waals surface area contributed by atoms with Crippen molar-refractivity contribution in [3.05, 3.63) is 29.8 Å². The van der Waals surface area contributed by atoms with E-state index in [9.17, 15) is 0 Å². The molecule has 1 fully saturated rings. The van der Waals surface area contributed by atoms with E-state index in [4.69, 9.17) is 10.7 Å². The van der Waals surface area contributed by atoms with Crippen molar-refractivity contribution in [3.63, 3.8) is 0 Å². The fourth-order valence-corrected chi connectivity index (χ4v) is 2.99. The van der Waals surface area contributed by atoms with Crippen molar-refractivity contribution < 1.29 is 0 Å². The zero-order chi connectivity index (χ0) is 12.8. The number of rotatable bonds is 0. The summed E-state index contributed by atoms with van der Waals surface area (Å²) >= 11 is 0. The number of hydrogen-bond donors (Lipinski definition) is 1. The number of hydrogen-bond acceptors (Lipinski definition) is 4. The van der Waals surface area contributed by atoms with E-state index in [1.165, 1.54) is 5.69 Å². The van der Waals surface area contributed by atoms with Crippen LogP contribution in [0.25, 0.3) is 0 Å². The van der Waals surface area contributed by atoms with Gasteiger partial charge in [0.2, 0.25) is 0 Å². The van der Waals surface area contributed by atoms with Crippen LogP contribution in [0.4, 0.5) is 5.69 Å². The van der Waals surface area contributed by atoms with Crippen LogP contribution in [0.5, 0.6) is 0 Å². The van der Waals surface area contributed by atoms with Gasteiger partial charge < -0.3 is 15.5 Å². The maximum absolute atomic E-state index is 6.16. The van der Waals surface area contributed by atoms with E-state index < -0.39 is 0 Å². The van der Waals surface area contributed by atoms with Gasteiger partial charge in [-0.2, -0.15) is 0 Å². The molecular weight excluding hydrogens is 224 g/mol. The number of aliphatic imine (C=N–C) groups is 1. The van der Waals surface area contributed by atoms with E-state index in [2.05, 4.69) is 36.0 Å². The third kappa shape index (κ3) is 1.60. The molecule has 0 saturated carbocycles. The number of nitrogens with two attached hydrogens (primary N) is 1. The summed E-state index contributed by atoms with van der Waals surface area (Å²) in [6.45, 7) is 2.15. The molecule has 1 aromatic carbocycles. The SMILES string of the molecule is CN1CCC2(CC1)N=C(N)c1ccccc1N2C. The van der Waals surface area contributed by atoms with Gasteiger partial charge in [-0.25, -0.2) is 4.99 Å². The van der Waals surface area contributed by atoms with Gasteiger partial charge in [-0.1, -0.05) is 12.1 Å². The fraction of sp³-hybridized carbons (Fsp3) is 0.500. The topological polar surface area (TPSA) is 44.9 Å². The number of para-hydroxylation sites is 1. The molecule has 1 spiro atoms. The lowest BCUT2D eigenvalue weighted by atomic mass is 9.92. The Morgan fingerprint density at radius 3 is 2.56 bits per heavy atom. The molecule has 0 aliphatic carbocycles. The van der Waals surface area contributed by atoms with Crippen LogP contribution < -0.4 is 10.6 Å². The first kappa shape index (κ1) is 11.5. The first-order valence-corrected chi connectivity index (χ1v) is 6.49. The maximum atomic E-state index is 6.16. The lowest BCUT2D eigenvalue weighted by Gasteiger charge is -2.47. The Bertz CT molecular complexity index is 486. The van der Waals surface area contributed by atoms with Crippen LogP contribution in [-0.4, -0.2) is 43.6 Å². The van der Waals surface area contributed by atoms with Gasteiger partial charge in [0.25, 0.3) is 0 Å². The van der Waals surface area contributed by atoms with E-state index in [-0.39, 0.29) is 5.66 Å². The van der Waals surface area contributed by atoms with Crippen molar-refractivity contribution in [2.24, 2.45) is 10.7 Å². The number of benzene rings is 1. The number of fused-ring (bicyclic) bond motifs is 1. The molecule has 0 atom stereocenters. The molecule has 2 aliphatic rings. The number of anilines is 1. The van der Waals surface area contributed by atoms with Crippen LogP contribution in [0.1, 0.15) is 18.4 Å². The monoisotopic (exact) mass is 244 g/mol. The summed E-state index contributed by atoms with van der Waals surface area (Å²) in [7, 11) is 4.30. The van der Waals surface area contributed by atoms with Gasteiger partial charge >= 0.3 is 0 Å². The Hall–Kier alpha value is -1.55. The van der Waals surface area contributed by atoms with Crippen molar-refractivity contribution in [1.29, 1.82) is 0 Å². The van der Waals surface area contributed by atoms with Crippen LogP contribution in [0.3, 0.4) is 0 Å². The highest BCUT2D eigenvalue weighted by molar-refractivity contribution is 6.04. The first-order valence-electron chi connectivity index (χ1n) is 6.49. The molecule has 0 bridgehead atoms. The van der Waals surface area contributed by atoms with E-state index in [1.807, 2.05) is 12.1 Å². The van der Waals surface area contributed by atoms with Gasteiger partial charge in [0.15, 0.2) is 0 Å². The second-order valence-electron chi connectivity index (χ2n) is 5.36. The fourth-order valence-electron chi connectivity index (χ4n) is 2.99. The number of amidine groups is 1. The zero-order valence-electron chi connectivity index (χ0n) is 11.1.